The molecule has 30 heavy (non-hydrogen) atoms. The molecule has 1 aromatic heterocycles. The number of carbonyl (C=O) groups excluding carboxylic acids is 1. The molecule has 1 amide bonds. The maximum atomic E-state index is 12.9. The summed E-state index contributed by atoms with van der Waals surface area (Å²) in [5, 5.41) is 2.19. The van der Waals surface area contributed by atoms with Gasteiger partial charge >= 0.3 is 0 Å². The summed E-state index contributed by atoms with van der Waals surface area (Å²) in [6, 6.07) is 12.7. The van der Waals surface area contributed by atoms with Crippen LogP contribution in [-0.4, -0.2) is 67.9 Å². The molecule has 4 nitrogen and oxygen atoms in total. The van der Waals surface area contributed by atoms with Gasteiger partial charge in [-0.15, -0.1) is 11.3 Å². The molecule has 0 radical (unpaired) electrons. The van der Waals surface area contributed by atoms with E-state index < -0.39 is 0 Å². The molecule has 160 valence electrons. The van der Waals surface area contributed by atoms with Crippen molar-refractivity contribution >= 4 is 22.8 Å². The van der Waals surface area contributed by atoms with Crippen LogP contribution in [0.3, 0.4) is 0 Å². The van der Waals surface area contributed by atoms with Gasteiger partial charge in [-0.3, -0.25) is 9.69 Å². The number of benzene rings is 1. The van der Waals surface area contributed by atoms with Crippen LogP contribution in [0, 0.1) is 0 Å². The first-order chi connectivity index (χ1) is 14.5. The number of thiophene rings is 1. The number of fused-ring (bicyclic) bond motifs is 1. The van der Waals surface area contributed by atoms with Gasteiger partial charge in [-0.1, -0.05) is 36.4 Å². The normalized spacial score (nSPS) is 18.3. The zero-order valence-electron chi connectivity index (χ0n) is 18.4. The zero-order valence-corrected chi connectivity index (χ0v) is 19.3. The van der Waals surface area contributed by atoms with E-state index in [9.17, 15) is 4.79 Å². The molecule has 2 aliphatic rings. The van der Waals surface area contributed by atoms with Crippen molar-refractivity contribution in [3.05, 3.63) is 63.9 Å². The molecule has 1 aliphatic carbocycles. The molecule has 1 aromatic carbocycles. The predicted octanol–water partition coefficient (Wildman–Crippen LogP) is 4.09. The van der Waals surface area contributed by atoms with E-state index in [0.29, 0.717) is 0 Å². The largest absolute Gasteiger partial charge is 0.342 e. The molecule has 0 spiro atoms. The van der Waals surface area contributed by atoms with Gasteiger partial charge in [-0.25, -0.2) is 0 Å². The molecule has 1 fully saturated rings. The van der Waals surface area contributed by atoms with E-state index in [-0.39, 0.29) is 11.4 Å². The summed E-state index contributed by atoms with van der Waals surface area (Å²) < 4.78 is 0. The second-order valence-corrected chi connectivity index (χ2v) is 9.75. The minimum atomic E-state index is 0.155. The Bertz CT molecular complexity index is 895. The van der Waals surface area contributed by atoms with Gasteiger partial charge in [-0.2, -0.15) is 0 Å². The van der Waals surface area contributed by atoms with E-state index in [1.54, 1.807) is 0 Å². The van der Waals surface area contributed by atoms with E-state index in [2.05, 4.69) is 59.6 Å². The highest BCUT2D eigenvalue weighted by molar-refractivity contribution is 7.10. The lowest BCUT2D eigenvalue weighted by molar-refractivity contribution is -0.123. The molecule has 0 saturated carbocycles. The molecular formula is C25H33N3OS. The number of carbonyl (C=O) groups is 1. The lowest BCUT2D eigenvalue weighted by Crippen LogP contribution is -2.50. The molecule has 0 N–H and O–H groups in total. The summed E-state index contributed by atoms with van der Waals surface area (Å²) >= 11 is 1.88. The molecule has 0 bridgehead atoms. The van der Waals surface area contributed by atoms with Crippen LogP contribution >= 0.6 is 11.3 Å². The monoisotopic (exact) mass is 423 g/mol. The van der Waals surface area contributed by atoms with Gasteiger partial charge in [0, 0.05) is 37.1 Å². The van der Waals surface area contributed by atoms with Gasteiger partial charge < -0.3 is 9.80 Å². The van der Waals surface area contributed by atoms with Crippen LogP contribution in [0.25, 0.3) is 5.57 Å². The molecule has 1 saturated heterocycles. The van der Waals surface area contributed by atoms with Crippen LogP contribution in [0.1, 0.15) is 35.3 Å². The van der Waals surface area contributed by atoms with Crippen molar-refractivity contribution in [1.29, 1.82) is 0 Å². The van der Waals surface area contributed by atoms with Crippen LogP contribution in [0.5, 0.6) is 0 Å². The third-order valence-electron chi connectivity index (χ3n) is 6.90. The highest BCUT2D eigenvalue weighted by Crippen LogP contribution is 2.39. The molecule has 2 aromatic rings. The van der Waals surface area contributed by atoms with Gasteiger partial charge in [0.05, 0.1) is 5.54 Å². The van der Waals surface area contributed by atoms with Crippen LogP contribution in [-0.2, 0) is 16.8 Å². The Balaban J connectivity index is 1.26. The molecular weight excluding hydrogens is 390 g/mol. The van der Waals surface area contributed by atoms with Crippen molar-refractivity contribution in [3.63, 3.8) is 0 Å². The van der Waals surface area contributed by atoms with Crippen LogP contribution < -0.4 is 0 Å². The number of amides is 1. The maximum absolute atomic E-state index is 12.9. The highest BCUT2D eigenvalue weighted by atomic mass is 32.1. The second kappa shape index (κ2) is 9.04. The SMILES string of the molecule is CN(CCCN1CCC(c2cccs2)(N(C)C)CC1)C(=O)C1=CCc2ccccc21. The van der Waals surface area contributed by atoms with Crippen LogP contribution in [0.15, 0.2) is 47.9 Å². The number of nitrogens with zero attached hydrogens (tertiary/aromatic N) is 3. The van der Waals surface area contributed by atoms with Crippen LogP contribution in [0.2, 0.25) is 0 Å². The highest BCUT2D eigenvalue weighted by Gasteiger charge is 2.38. The Hall–Kier alpha value is -1.95. The summed E-state index contributed by atoms with van der Waals surface area (Å²) in [4.78, 5) is 21.3. The fourth-order valence-corrected chi connectivity index (χ4v) is 6.00. The third kappa shape index (κ3) is 4.11. The lowest BCUT2D eigenvalue weighted by atomic mass is 9.84. The third-order valence-corrected chi connectivity index (χ3v) is 7.96. The summed E-state index contributed by atoms with van der Waals surface area (Å²) in [5.41, 5.74) is 3.43. The van der Waals surface area contributed by atoms with Gasteiger partial charge in [-0.05, 0) is 68.9 Å². The standard InChI is InChI=1S/C25H33N3OS/c1-26(2)25(23-10-6-19-30-23)13-17-28(18-14-25)16-7-15-27(3)24(29)22-12-11-20-8-4-5-9-21(20)22/h4-6,8-10,12,19H,7,11,13-18H2,1-3H3. The summed E-state index contributed by atoms with van der Waals surface area (Å²) in [6.07, 6.45) is 6.30. The van der Waals surface area contributed by atoms with E-state index in [0.717, 1.165) is 50.2 Å². The van der Waals surface area contributed by atoms with Gasteiger partial charge in [0.25, 0.3) is 5.91 Å². The number of hydrogen-bond donors (Lipinski definition) is 0. The van der Waals surface area contributed by atoms with E-state index in [1.807, 2.05) is 35.4 Å². The van der Waals surface area contributed by atoms with Crippen molar-refractivity contribution in [2.24, 2.45) is 0 Å². The fraction of sp³-hybridized carbons (Fsp3) is 0.480. The number of hydrogen-bond acceptors (Lipinski definition) is 4. The molecule has 4 rings (SSSR count). The average molecular weight is 424 g/mol. The van der Waals surface area contributed by atoms with E-state index in [4.69, 9.17) is 0 Å². The Morgan fingerprint density at radius 2 is 1.87 bits per heavy atom. The second-order valence-electron chi connectivity index (χ2n) is 8.80. The Labute approximate surface area is 184 Å². The molecule has 0 atom stereocenters. The number of likely N-dealkylation sites (N-methyl/N-ethyl adjacent to an activating group) is 1. The van der Waals surface area contributed by atoms with Crippen molar-refractivity contribution in [3.8, 4) is 0 Å². The minimum absolute atomic E-state index is 0.155. The predicted molar refractivity (Wildman–Crippen MR) is 126 cm³/mol. The smallest absolute Gasteiger partial charge is 0.253 e. The van der Waals surface area contributed by atoms with Gasteiger partial charge in [0.2, 0.25) is 0 Å². The summed E-state index contributed by atoms with van der Waals surface area (Å²) in [7, 11) is 6.37. The molecule has 5 heteroatoms. The van der Waals surface area contributed by atoms with Gasteiger partial charge in [0.1, 0.15) is 0 Å². The quantitative estimate of drug-likeness (QED) is 0.671. The lowest BCUT2D eigenvalue weighted by Gasteiger charge is -2.46. The number of allylic oxidation sites excluding steroid dienone is 1. The van der Waals surface area contributed by atoms with Crippen molar-refractivity contribution in [1.82, 2.24) is 14.7 Å². The number of likely N-dealkylation sites (tertiary alicyclic amines) is 1. The van der Waals surface area contributed by atoms with Crippen molar-refractivity contribution in [2.75, 3.05) is 47.3 Å². The summed E-state index contributed by atoms with van der Waals surface area (Å²) in [5.74, 6) is 0.155. The van der Waals surface area contributed by atoms with Crippen molar-refractivity contribution < 1.29 is 4.79 Å². The summed E-state index contributed by atoms with van der Waals surface area (Å²) in [6.45, 7) is 4.10. The molecule has 1 aliphatic heterocycles. The number of rotatable bonds is 7. The molecule has 2 heterocycles. The first-order valence-electron chi connectivity index (χ1n) is 11.0. The minimum Gasteiger partial charge on any atom is -0.342 e. The Kier molecular flexibility index (Phi) is 6.42. The van der Waals surface area contributed by atoms with Crippen LogP contribution in [0.4, 0.5) is 0 Å². The first-order valence-corrected chi connectivity index (χ1v) is 11.9. The Morgan fingerprint density at radius 1 is 1.10 bits per heavy atom. The van der Waals surface area contributed by atoms with Gasteiger partial charge in [0.15, 0.2) is 0 Å². The Morgan fingerprint density at radius 3 is 2.57 bits per heavy atom. The zero-order chi connectivity index (χ0) is 21.1. The topological polar surface area (TPSA) is 26.8 Å². The van der Waals surface area contributed by atoms with E-state index in [1.165, 1.54) is 23.3 Å². The maximum Gasteiger partial charge on any atom is 0.253 e. The average Bonchev–Trinajstić information content (AvgIpc) is 3.44. The molecule has 0 unspecified atom stereocenters. The van der Waals surface area contributed by atoms with E-state index >= 15 is 0 Å². The number of piperidine rings is 1. The first kappa shape index (κ1) is 21.3. The van der Waals surface area contributed by atoms with Crippen molar-refractivity contribution in [2.45, 2.75) is 31.2 Å². The fourth-order valence-electron chi connectivity index (χ4n) is 4.93.